The predicted molar refractivity (Wildman–Crippen MR) is 113 cm³/mol. The summed E-state index contributed by atoms with van der Waals surface area (Å²) >= 11 is 0. The Morgan fingerprint density at radius 1 is 1.07 bits per heavy atom. The second-order valence-electron chi connectivity index (χ2n) is 6.76. The first-order valence-corrected chi connectivity index (χ1v) is 9.89. The Kier molecular flexibility index (Phi) is 7.47. The summed E-state index contributed by atoms with van der Waals surface area (Å²) < 4.78 is 10.9. The Hall–Kier alpha value is -3.06. The number of hydrogen-bond acceptors (Lipinski definition) is 5. The third kappa shape index (κ3) is 6.22. The molecule has 3 rings (SSSR count). The molecule has 0 saturated carbocycles. The molecule has 1 fully saturated rings. The second-order valence-corrected chi connectivity index (χ2v) is 6.76. The molecule has 0 aliphatic carbocycles. The van der Waals surface area contributed by atoms with Crippen molar-refractivity contribution in [3.63, 3.8) is 0 Å². The van der Waals surface area contributed by atoms with Crippen LogP contribution in [0.15, 0.2) is 48.5 Å². The zero-order valence-corrected chi connectivity index (χ0v) is 16.6. The van der Waals surface area contributed by atoms with Crippen molar-refractivity contribution in [3.05, 3.63) is 54.1 Å². The first kappa shape index (κ1) is 20.7. The largest absolute Gasteiger partial charge is 0.494 e. The van der Waals surface area contributed by atoms with E-state index in [-0.39, 0.29) is 18.4 Å². The van der Waals surface area contributed by atoms with Gasteiger partial charge in [0.25, 0.3) is 5.91 Å². The van der Waals surface area contributed by atoms with Crippen LogP contribution in [0.3, 0.4) is 0 Å². The first-order valence-electron chi connectivity index (χ1n) is 9.89. The molecular weight excluding hydrogens is 370 g/mol. The van der Waals surface area contributed by atoms with Crippen LogP contribution < -0.4 is 15.4 Å². The fourth-order valence-electron chi connectivity index (χ4n) is 2.95. The lowest BCUT2D eigenvalue weighted by molar-refractivity contribution is -0.114. The Bertz CT molecular complexity index is 817. The van der Waals surface area contributed by atoms with Gasteiger partial charge in [0.2, 0.25) is 5.91 Å². The van der Waals surface area contributed by atoms with E-state index in [0.29, 0.717) is 44.2 Å². The minimum Gasteiger partial charge on any atom is -0.494 e. The number of anilines is 2. The molecule has 1 aliphatic heterocycles. The summed E-state index contributed by atoms with van der Waals surface area (Å²) in [6.07, 6.45) is 0.941. The topological polar surface area (TPSA) is 79.9 Å². The highest BCUT2D eigenvalue weighted by Crippen LogP contribution is 2.17. The van der Waals surface area contributed by atoms with Crippen LogP contribution in [-0.4, -0.2) is 56.2 Å². The van der Waals surface area contributed by atoms with E-state index in [4.69, 9.17) is 9.47 Å². The Balaban J connectivity index is 1.48. The minimum atomic E-state index is -0.169. The Labute approximate surface area is 171 Å². The number of morpholine rings is 1. The zero-order chi connectivity index (χ0) is 20.5. The lowest BCUT2D eigenvalue weighted by atomic mass is 10.1. The number of carbonyl (C=O) groups excluding carboxylic acids is 2. The van der Waals surface area contributed by atoms with Crippen LogP contribution in [0.25, 0.3) is 0 Å². The fraction of sp³-hybridized carbons (Fsp3) is 0.364. The van der Waals surface area contributed by atoms with Gasteiger partial charge in [-0.1, -0.05) is 13.0 Å². The van der Waals surface area contributed by atoms with E-state index in [9.17, 15) is 9.59 Å². The standard InChI is InChI=1S/C22H27N3O4/c1-2-12-29-20-5-3-4-19(15-20)23-16-21(26)24-18-8-6-17(7-9-18)22(27)25-10-13-28-14-11-25/h3-9,15,23H,2,10-14,16H2,1H3,(H,24,26). The van der Waals surface area contributed by atoms with Crippen molar-refractivity contribution in [1.82, 2.24) is 4.90 Å². The van der Waals surface area contributed by atoms with Crippen molar-refractivity contribution in [2.45, 2.75) is 13.3 Å². The van der Waals surface area contributed by atoms with Gasteiger partial charge in [0, 0.05) is 36.1 Å². The maximum atomic E-state index is 12.4. The van der Waals surface area contributed by atoms with Gasteiger partial charge in [-0.05, 0) is 42.8 Å². The molecule has 0 spiro atoms. The highest BCUT2D eigenvalue weighted by molar-refractivity contribution is 5.96. The van der Waals surface area contributed by atoms with Gasteiger partial charge in [-0.2, -0.15) is 0 Å². The van der Waals surface area contributed by atoms with Gasteiger partial charge in [-0.25, -0.2) is 0 Å². The van der Waals surface area contributed by atoms with Crippen LogP contribution in [0.5, 0.6) is 5.75 Å². The lowest BCUT2D eigenvalue weighted by Gasteiger charge is -2.26. The quantitative estimate of drug-likeness (QED) is 0.716. The fourth-order valence-corrected chi connectivity index (χ4v) is 2.95. The SMILES string of the molecule is CCCOc1cccc(NCC(=O)Nc2ccc(C(=O)N3CCOCC3)cc2)c1. The number of rotatable bonds is 8. The Morgan fingerprint density at radius 2 is 1.83 bits per heavy atom. The number of carbonyl (C=O) groups is 2. The molecule has 0 atom stereocenters. The van der Waals surface area contributed by atoms with Crippen LogP contribution in [0.1, 0.15) is 23.7 Å². The maximum Gasteiger partial charge on any atom is 0.254 e. The zero-order valence-electron chi connectivity index (χ0n) is 16.6. The van der Waals surface area contributed by atoms with Crippen molar-refractivity contribution >= 4 is 23.2 Å². The van der Waals surface area contributed by atoms with Crippen LogP contribution in [0, 0.1) is 0 Å². The van der Waals surface area contributed by atoms with Crippen molar-refractivity contribution in [2.75, 3.05) is 50.1 Å². The van der Waals surface area contributed by atoms with Gasteiger partial charge in [0.1, 0.15) is 5.75 Å². The van der Waals surface area contributed by atoms with Crippen molar-refractivity contribution in [3.8, 4) is 5.75 Å². The third-order valence-corrected chi connectivity index (χ3v) is 4.47. The summed E-state index contributed by atoms with van der Waals surface area (Å²) in [5.74, 6) is 0.591. The molecule has 1 aliphatic rings. The number of ether oxygens (including phenoxy) is 2. The van der Waals surface area contributed by atoms with Crippen molar-refractivity contribution in [1.29, 1.82) is 0 Å². The minimum absolute atomic E-state index is 0.0157. The van der Waals surface area contributed by atoms with Gasteiger partial charge in [-0.3, -0.25) is 9.59 Å². The first-order chi connectivity index (χ1) is 14.2. The van der Waals surface area contributed by atoms with E-state index >= 15 is 0 Å². The van der Waals surface area contributed by atoms with Gasteiger partial charge in [0.15, 0.2) is 0 Å². The maximum absolute atomic E-state index is 12.4. The molecule has 2 aromatic rings. The molecule has 7 heteroatoms. The summed E-state index contributed by atoms with van der Waals surface area (Å²) in [5.41, 5.74) is 2.07. The predicted octanol–water partition coefficient (Wildman–Crippen LogP) is 3.00. The number of nitrogens with one attached hydrogen (secondary N) is 2. The molecule has 0 aromatic heterocycles. The van der Waals surface area contributed by atoms with E-state index in [1.54, 1.807) is 29.2 Å². The average molecular weight is 397 g/mol. The molecule has 1 heterocycles. The van der Waals surface area contributed by atoms with E-state index < -0.39 is 0 Å². The van der Waals surface area contributed by atoms with Crippen LogP contribution in [-0.2, 0) is 9.53 Å². The highest BCUT2D eigenvalue weighted by Gasteiger charge is 2.18. The van der Waals surface area contributed by atoms with Crippen molar-refractivity contribution < 1.29 is 19.1 Å². The number of amides is 2. The smallest absolute Gasteiger partial charge is 0.254 e. The molecule has 0 radical (unpaired) electrons. The average Bonchev–Trinajstić information content (AvgIpc) is 2.77. The van der Waals surface area contributed by atoms with Gasteiger partial charge in [0.05, 0.1) is 26.4 Å². The highest BCUT2D eigenvalue weighted by atomic mass is 16.5. The summed E-state index contributed by atoms with van der Waals surface area (Å²) in [4.78, 5) is 26.4. The normalized spacial score (nSPS) is 13.6. The summed E-state index contributed by atoms with van der Waals surface area (Å²) in [7, 11) is 0. The molecule has 7 nitrogen and oxygen atoms in total. The van der Waals surface area contributed by atoms with E-state index in [1.165, 1.54) is 0 Å². The van der Waals surface area contributed by atoms with Gasteiger partial charge < -0.3 is 25.0 Å². The molecule has 2 aromatic carbocycles. The molecule has 2 amide bonds. The van der Waals surface area contributed by atoms with E-state index in [0.717, 1.165) is 17.9 Å². The van der Waals surface area contributed by atoms with Gasteiger partial charge >= 0.3 is 0 Å². The lowest BCUT2D eigenvalue weighted by Crippen LogP contribution is -2.40. The van der Waals surface area contributed by atoms with Crippen LogP contribution >= 0.6 is 0 Å². The molecular formula is C22H27N3O4. The van der Waals surface area contributed by atoms with Crippen LogP contribution in [0.2, 0.25) is 0 Å². The molecule has 154 valence electrons. The molecule has 0 unspecified atom stereocenters. The summed E-state index contributed by atoms with van der Waals surface area (Å²) in [6.45, 7) is 5.19. The Morgan fingerprint density at radius 3 is 2.55 bits per heavy atom. The van der Waals surface area contributed by atoms with Crippen LogP contribution in [0.4, 0.5) is 11.4 Å². The monoisotopic (exact) mass is 397 g/mol. The second kappa shape index (κ2) is 10.5. The van der Waals surface area contributed by atoms with Crippen molar-refractivity contribution in [2.24, 2.45) is 0 Å². The molecule has 1 saturated heterocycles. The number of nitrogens with zero attached hydrogens (tertiary/aromatic N) is 1. The van der Waals surface area contributed by atoms with E-state index in [1.807, 2.05) is 24.3 Å². The third-order valence-electron chi connectivity index (χ3n) is 4.47. The summed E-state index contributed by atoms with van der Waals surface area (Å²) in [6, 6.07) is 14.5. The summed E-state index contributed by atoms with van der Waals surface area (Å²) in [5, 5.41) is 5.92. The molecule has 0 bridgehead atoms. The van der Waals surface area contributed by atoms with Gasteiger partial charge in [-0.15, -0.1) is 0 Å². The molecule has 2 N–H and O–H groups in total. The number of hydrogen-bond donors (Lipinski definition) is 2. The molecule has 29 heavy (non-hydrogen) atoms. The van der Waals surface area contributed by atoms with E-state index in [2.05, 4.69) is 17.6 Å². The number of benzene rings is 2.